The molecule has 146 valence electrons. The third kappa shape index (κ3) is 3.96. The van der Waals surface area contributed by atoms with Gasteiger partial charge in [0.05, 0.1) is 5.39 Å². The Morgan fingerprint density at radius 1 is 1.00 bits per heavy atom. The van der Waals surface area contributed by atoms with E-state index in [1.807, 2.05) is 18.2 Å². The molecule has 0 aliphatic carbocycles. The Hall–Kier alpha value is -3.31. The van der Waals surface area contributed by atoms with Gasteiger partial charge in [-0.1, -0.05) is 48.0 Å². The predicted molar refractivity (Wildman–Crippen MR) is 111 cm³/mol. The number of ether oxygens (including phenoxy) is 2. The zero-order valence-electron chi connectivity index (χ0n) is 15.6. The highest BCUT2D eigenvalue weighted by Gasteiger charge is 2.18. The maximum absolute atomic E-state index is 12.3. The van der Waals surface area contributed by atoms with Gasteiger partial charge < -0.3 is 13.9 Å². The van der Waals surface area contributed by atoms with Crippen LogP contribution in [0.25, 0.3) is 21.7 Å². The van der Waals surface area contributed by atoms with E-state index in [-0.39, 0.29) is 6.61 Å². The predicted octanol–water partition coefficient (Wildman–Crippen LogP) is 5.11. The van der Waals surface area contributed by atoms with E-state index in [2.05, 4.69) is 0 Å². The van der Waals surface area contributed by atoms with Gasteiger partial charge in [0.25, 0.3) is 0 Å². The van der Waals surface area contributed by atoms with E-state index in [1.165, 1.54) is 0 Å². The standard InChI is InChI=1S/C23H17ClO5/c1-14(22(25)27-13-15-6-2-5-9-20(15)24)28-16-10-11-18-17-7-3-4-8-19(17)23(26)29-21(18)12-16/h2-12,14H,13H2,1H3. The minimum Gasteiger partial charge on any atom is -0.479 e. The number of halogens is 1. The summed E-state index contributed by atoms with van der Waals surface area (Å²) in [5.41, 5.74) is 0.689. The molecule has 0 saturated carbocycles. The van der Waals surface area contributed by atoms with Crippen molar-refractivity contribution in [1.29, 1.82) is 0 Å². The van der Waals surface area contributed by atoms with Gasteiger partial charge in [-0.05, 0) is 36.6 Å². The van der Waals surface area contributed by atoms with Crippen LogP contribution >= 0.6 is 11.6 Å². The van der Waals surface area contributed by atoms with Crippen molar-refractivity contribution >= 4 is 39.3 Å². The number of rotatable bonds is 5. The Morgan fingerprint density at radius 3 is 2.52 bits per heavy atom. The lowest BCUT2D eigenvalue weighted by molar-refractivity contribution is -0.152. The average molecular weight is 409 g/mol. The van der Waals surface area contributed by atoms with Gasteiger partial charge in [0.1, 0.15) is 17.9 Å². The first-order valence-electron chi connectivity index (χ1n) is 9.05. The first-order chi connectivity index (χ1) is 14.0. The minimum atomic E-state index is -0.845. The molecular formula is C23H17ClO5. The van der Waals surface area contributed by atoms with Crippen LogP contribution in [0, 0.1) is 0 Å². The third-order valence-electron chi connectivity index (χ3n) is 4.57. The Kier molecular flexibility index (Phi) is 5.23. The molecule has 0 fully saturated rings. The van der Waals surface area contributed by atoms with Gasteiger partial charge >= 0.3 is 11.6 Å². The molecule has 5 nitrogen and oxygen atoms in total. The average Bonchev–Trinajstić information content (AvgIpc) is 2.73. The largest absolute Gasteiger partial charge is 0.479 e. The van der Waals surface area contributed by atoms with Gasteiger partial charge in [0.15, 0.2) is 6.10 Å². The van der Waals surface area contributed by atoms with Crippen molar-refractivity contribution in [2.75, 3.05) is 0 Å². The molecule has 29 heavy (non-hydrogen) atoms. The monoisotopic (exact) mass is 408 g/mol. The fourth-order valence-corrected chi connectivity index (χ4v) is 3.26. The summed E-state index contributed by atoms with van der Waals surface area (Å²) in [7, 11) is 0. The molecule has 1 aromatic heterocycles. The van der Waals surface area contributed by atoms with E-state index in [1.54, 1.807) is 55.5 Å². The van der Waals surface area contributed by atoms with Crippen molar-refractivity contribution in [2.45, 2.75) is 19.6 Å². The van der Waals surface area contributed by atoms with Crippen LogP contribution in [-0.4, -0.2) is 12.1 Å². The molecule has 0 bridgehead atoms. The second-order valence-corrected chi connectivity index (χ2v) is 6.96. The third-order valence-corrected chi connectivity index (χ3v) is 4.93. The van der Waals surface area contributed by atoms with Crippen LogP contribution in [0.15, 0.2) is 75.9 Å². The second kappa shape index (κ2) is 7.97. The van der Waals surface area contributed by atoms with E-state index < -0.39 is 17.7 Å². The molecule has 4 rings (SSSR count). The van der Waals surface area contributed by atoms with Crippen LogP contribution in [-0.2, 0) is 16.1 Å². The van der Waals surface area contributed by atoms with Gasteiger partial charge in [-0.2, -0.15) is 0 Å². The molecule has 0 spiro atoms. The Labute approximate surface area is 171 Å². The van der Waals surface area contributed by atoms with Crippen LogP contribution in [0.5, 0.6) is 5.75 Å². The number of hydrogen-bond donors (Lipinski definition) is 0. The van der Waals surface area contributed by atoms with Crippen molar-refractivity contribution in [2.24, 2.45) is 0 Å². The van der Waals surface area contributed by atoms with Gasteiger partial charge in [-0.3, -0.25) is 0 Å². The number of benzene rings is 3. The van der Waals surface area contributed by atoms with E-state index in [0.29, 0.717) is 27.3 Å². The summed E-state index contributed by atoms with van der Waals surface area (Å²) in [4.78, 5) is 24.5. The topological polar surface area (TPSA) is 65.7 Å². The molecule has 4 aromatic rings. The zero-order valence-corrected chi connectivity index (χ0v) is 16.3. The molecule has 0 saturated heterocycles. The summed E-state index contributed by atoms with van der Waals surface area (Å²) in [6, 6.07) is 19.5. The van der Waals surface area contributed by atoms with Crippen LogP contribution in [0.3, 0.4) is 0 Å². The lowest BCUT2D eigenvalue weighted by atomic mass is 10.1. The first-order valence-corrected chi connectivity index (χ1v) is 9.43. The summed E-state index contributed by atoms with van der Waals surface area (Å²) in [6.07, 6.45) is -0.845. The SMILES string of the molecule is CC(Oc1ccc2c(c1)oc(=O)c1ccccc12)C(=O)OCc1ccccc1Cl. The number of fused-ring (bicyclic) bond motifs is 3. The molecule has 6 heteroatoms. The highest BCUT2D eigenvalue weighted by atomic mass is 35.5. The van der Waals surface area contributed by atoms with Gasteiger partial charge in [-0.25, -0.2) is 9.59 Å². The number of carbonyl (C=O) groups excluding carboxylic acids is 1. The normalized spacial score (nSPS) is 12.1. The van der Waals surface area contributed by atoms with E-state index in [9.17, 15) is 9.59 Å². The van der Waals surface area contributed by atoms with Gasteiger partial charge in [-0.15, -0.1) is 0 Å². The summed E-state index contributed by atoms with van der Waals surface area (Å²) in [5.74, 6) is -0.122. The lowest BCUT2D eigenvalue weighted by Crippen LogP contribution is -2.26. The number of hydrogen-bond acceptors (Lipinski definition) is 5. The van der Waals surface area contributed by atoms with Crippen LogP contribution in [0.2, 0.25) is 5.02 Å². The molecule has 0 amide bonds. The highest BCUT2D eigenvalue weighted by Crippen LogP contribution is 2.27. The number of carbonyl (C=O) groups is 1. The maximum Gasteiger partial charge on any atom is 0.347 e. The molecule has 1 heterocycles. The molecule has 0 aliphatic heterocycles. The smallest absolute Gasteiger partial charge is 0.347 e. The Morgan fingerprint density at radius 2 is 1.72 bits per heavy atom. The summed E-state index contributed by atoms with van der Waals surface area (Å²) >= 11 is 6.07. The van der Waals surface area contributed by atoms with Crippen molar-refractivity contribution in [1.82, 2.24) is 0 Å². The highest BCUT2D eigenvalue weighted by molar-refractivity contribution is 6.31. The number of esters is 1. The Bertz CT molecular complexity index is 1260. The van der Waals surface area contributed by atoms with Gasteiger partial charge in [0, 0.05) is 22.0 Å². The van der Waals surface area contributed by atoms with Crippen LogP contribution in [0.1, 0.15) is 12.5 Å². The maximum atomic E-state index is 12.3. The van der Waals surface area contributed by atoms with E-state index in [0.717, 1.165) is 10.8 Å². The zero-order chi connectivity index (χ0) is 20.4. The van der Waals surface area contributed by atoms with Gasteiger partial charge in [0.2, 0.25) is 0 Å². The molecule has 1 unspecified atom stereocenters. The molecule has 0 N–H and O–H groups in total. The molecule has 0 aliphatic rings. The molecule has 0 radical (unpaired) electrons. The Balaban J connectivity index is 1.51. The van der Waals surface area contributed by atoms with Crippen molar-refractivity contribution in [3.63, 3.8) is 0 Å². The van der Waals surface area contributed by atoms with Crippen LogP contribution < -0.4 is 10.4 Å². The van der Waals surface area contributed by atoms with Crippen molar-refractivity contribution in [3.05, 3.63) is 87.7 Å². The lowest BCUT2D eigenvalue weighted by Gasteiger charge is -2.15. The quantitative estimate of drug-likeness (QED) is 0.261. The van der Waals surface area contributed by atoms with Crippen LogP contribution in [0.4, 0.5) is 0 Å². The van der Waals surface area contributed by atoms with Crippen molar-refractivity contribution < 1.29 is 18.7 Å². The molecular weight excluding hydrogens is 392 g/mol. The molecule has 3 aromatic carbocycles. The van der Waals surface area contributed by atoms with E-state index in [4.69, 9.17) is 25.5 Å². The summed E-state index contributed by atoms with van der Waals surface area (Å²) in [6.45, 7) is 1.65. The summed E-state index contributed by atoms with van der Waals surface area (Å²) < 4.78 is 16.4. The van der Waals surface area contributed by atoms with E-state index >= 15 is 0 Å². The fraction of sp³-hybridized carbons (Fsp3) is 0.130. The minimum absolute atomic E-state index is 0.0603. The fourth-order valence-electron chi connectivity index (χ4n) is 3.07. The van der Waals surface area contributed by atoms with Crippen molar-refractivity contribution in [3.8, 4) is 5.75 Å². The first kappa shape index (κ1) is 19.0. The summed E-state index contributed by atoms with van der Waals surface area (Å²) in [5, 5.41) is 2.65. The molecule has 1 atom stereocenters. The second-order valence-electron chi connectivity index (χ2n) is 6.55.